The zero-order chi connectivity index (χ0) is 20.2. The number of rotatable bonds is 6. The van der Waals surface area contributed by atoms with E-state index in [0.717, 1.165) is 49.1 Å². The number of carbonyl (C=O) groups is 2. The molecule has 2 aromatic rings. The van der Waals surface area contributed by atoms with Crippen LogP contribution in [0, 0.1) is 12.8 Å². The zero-order valence-corrected chi connectivity index (χ0v) is 16.9. The monoisotopic (exact) mass is 392 g/mol. The number of amides is 2. The SMILES string of the molecule is Cc1cccc(C(=O)N2CCCC(COc3ccc(C(=O)NC4CC4)cc3)C2)c1. The molecule has 2 amide bonds. The first kappa shape index (κ1) is 19.5. The summed E-state index contributed by atoms with van der Waals surface area (Å²) in [5, 5.41) is 2.99. The predicted molar refractivity (Wildman–Crippen MR) is 112 cm³/mol. The van der Waals surface area contributed by atoms with Gasteiger partial charge >= 0.3 is 0 Å². The van der Waals surface area contributed by atoms with Crippen LogP contribution in [0.4, 0.5) is 0 Å². The van der Waals surface area contributed by atoms with E-state index in [-0.39, 0.29) is 11.8 Å². The Labute approximate surface area is 172 Å². The van der Waals surface area contributed by atoms with E-state index in [1.807, 2.05) is 60.4 Å². The second kappa shape index (κ2) is 8.68. The number of aryl methyl sites for hydroxylation is 1. The fraction of sp³-hybridized carbons (Fsp3) is 0.417. The fourth-order valence-corrected chi connectivity index (χ4v) is 3.76. The van der Waals surface area contributed by atoms with Gasteiger partial charge in [0.1, 0.15) is 5.75 Å². The molecule has 1 unspecified atom stereocenters. The van der Waals surface area contributed by atoms with Gasteiger partial charge in [-0.2, -0.15) is 0 Å². The summed E-state index contributed by atoms with van der Waals surface area (Å²) in [4.78, 5) is 26.8. The fourth-order valence-electron chi connectivity index (χ4n) is 3.76. The van der Waals surface area contributed by atoms with Crippen molar-refractivity contribution in [2.24, 2.45) is 5.92 Å². The van der Waals surface area contributed by atoms with E-state index in [2.05, 4.69) is 5.32 Å². The molecule has 1 aliphatic carbocycles. The van der Waals surface area contributed by atoms with Crippen molar-refractivity contribution in [3.05, 3.63) is 65.2 Å². The third-order valence-corrected chi connectivity index (χ3v) is 5.59. The Bertz CT molecular complexity index is 874. The number of likely N-dealkylation sites (tertiary alicyclic amines) is 1. The number of hydrogen-bond donors (Lipinski definition) is 1. The molecule has 29 heavy (non-hydrogen) atoms. The highest BCUT2D eigenvalue weighted by atomic mass is 16.5. The highest BCUT2D eigenvalue weighted by Gasteiger charge is 2.25. The number of nitrogens with one attached hydrogen (secondary N) is 1. The maximum absolute atomic E-state index is 12.8. The molecule has 1 saturated carbocycles. The van der Waals surface area contributed by atoms with Gasteiger partial charge in [0.15, 0.2) is 0 Å². The van der Waals surface area contributed by atoms with E-state index in [4.69, 9.17) is 4.74 Å². The number of hydrogen-bond acceptors (Lipinski definition) is 3. The van der Waals surface area contributed by atoms with Crippen molar-refractivity contribution in [3.63, 3.8) is 0 Å². The molecule has 0 bridgehead atoms. The van der Waals surface area contributed by atoms with Crippen LogP contribution in [-0.4, -0.2) is 42.5 Å². The molecule has 2 aliphatic rings. The Morgan fingerprint density at radius 3 is 2.59 bits per heavy atom. The number of nitrogens with zero attached hydrogens (tertiary/aromatic N) is 1. The molecule has 1 heterocycles. The van der Waals surface area contributed by atoms with E-state index in [1.54, 1.807) is 0 Å². The van der Waals surface area contributed by atoms with Crippen LogP contribution in [0.5, 0.6) is 5.75 Å². The van der Waals surface area contributed by atoms with Crippen LogP contribution >= 0.6 is 0 Å². The molecule has 1 atom stereocenters. The van der Waals surface area contributed by atoms with Crippen LogP contribution in [0.1, 0.15) is 52.0 Å². The van der Waals surface area contributed by atoms with Crippen molar-refractivity contribution in [3.8, 4) is 5.75 Å². The van der Waals surface area contributed by atoms with Gasteiger partial charge < -0.3 is 15.0 Å². The second-order valence-electron chi connectivity index (χ2n) is 8.21. The van der Waals surface area contributed by atoms with Gasteiger partial charge in [-0.05, 0) is 69.0 Å². The van der Waals surface area contributed by atoms with Crippen LogP contribution in [0.25, 0.3) is 0 Å². The molecule has 0 radical (unpaired) electrons. The van der Waals surface area contributed by atoms with Crippen LogP contribution in [0.15, 0.2) is 48.5 Å². The van der Waals surface area contributed by atoms with Crippen LogP contribution in [-0.2, 0) is 0 Å². The quantitative estimate of drug-likeness (QED) is 0.813. The van der Waals surface area contributed by atoms with Crippen LogP contribution in [0.3, 0.4) is 0 Å². The Morgan fingerprint density at radius 1 is 1.07 bits per heavy atom. The number of benzene rings is 2. The smallest absolute Gasteiger partial charge is 0.253 e. The first-order valence-electron chi connectivity index (χ1n) is 10.5. The molecule has 1 N–H and O–H groups in total. The topological polar surface area (TPSA) is 58.6 Å². The van der Waals surface area contributed by atoms with Crippen LogP contribution in [0.2, 0.25) is 0 Å². The lowest BCUT2D eigenvalue weighted by atomic mass is 9.98. The largest absolute Gasteiger partial charge is 0.493 e. The van der Waals surface area contributed by atoms with Gasteiger partial charge in [-0.15, -0.1) is 0 Å². The summed E-state index contributed by atoms with van der Waals surface area (Å²) in [6.45, 7) is 4.10. The molecule has 1 aliphatic heterocycles. The van der Waals surface area contributed by atoms with Crippen molar-refractivity contribution in [1.29, 1.82) is 0 Å². The van der Waals surface area contributed by atoms with E-state index >= 15 is 0 Å². The molecule has 5 nitrogen and oxygen atoms in total. The lowest BCUT2D eigenvalue weighted by molar-refractivity contribution is 0.0633. The van der Waals surface area contributed by atoms with Crippen molar-refractivity contribution in [2.45, 2.75) is 38.6 Å². The maximum atomic E-state index is 12.8. The van der Waals surface area contributed by atoms with Gasteiger partial charge in [-0.3, -0.25) is 9.59 Å². The second-order valence-corrected chi connectivity index (χ2v) is 8.21. The summed E-state index contributed by atoms with van der Waals surface area (Å²) in [6.07, 6.45) is 4.21. The van der Waals surface area contributed by atoms with Crippen molar-refractivity contribution in [1.82, 2.24) is 10.2 Å². The van der Waals surface area contributed by atoms with Gasteiger partial charge in [0.25, 0.3) is 11.8 Å². The number of piperidine rings is 1. The van der Waals surface area contributed by atoms with Gasteiger partial charge in [-0.1, -0.05) is 17.7 Å². The highest BCUT2D eigenvalue weighted by Crippen LogP contribution is 2.22. The summed E-state index contributed by atoms with van der Waals surface area (Å²) in [5.41, 5.74) is 2.52. The minimum Gasteiger partial charge on any atom is -0.493 e. The van der Waals surface area contributed by atoms with E-state index < -0.39 is 0 Å². The Balaban J connectivity index is 1.29. The number of carbonyl (C=O) groups excluding carboxylic acids is 2. The van der Waals surface area contributed by atoms with E-state index in [9.17, 15) is 9.59 Å². The highest BCUT2D eigenvalue weighted by molar-refractivity contribution is 5.95. The van der Waals surface area contributed by atoms with Crippen molar-refractivity contribution in [2.75, 3.05) is 19.7 Å². The molecule has 152 valence electrons. The average molecular weight is 392 g/mol. The van der Waals surface area contributed by atoms with E-state index in [0.29, 0.717) is 30.7 Å². The third kappa shape index (κ3) is 5.17. The molecule has 4 rings (SSSR count). The van der Waals surface area contributed by atoms with Gasteiger partial charge in [0.05, 0.1) is 6.61 Å². The third-order valence-electron chi connectivity index (χ3n) is 5.59. The van der Waals surface area contributed by atoms with Crippen LogP contribution < -0.4 is 10.1 Å². The molecule has 2 fully saturated rings. The molecule has 0 aromatic heterocycles. The lowest BCUT2D eigenvalue weighted by Gasteiger charge is -2.32. The first-order chi connectivity index (χ1) is 14.1. The average Bonchev–Trinajstić information content (AvgIpc) is 3.56. The predicted octanol–water partition coefficient (Wildman–Crippen LogP) is 3.82. The van der Waals surface area contributed by atoms with Gasteiger partial charge in [-0.25, -0.2) is 0 Å². The summed E-state index contributed by atoms with van der Waals surface area (Å²) < 4.78 is 5.96. The maximum Gasteiger partial charge on any atom is 0.253 e. The zero-order valence-electron chi connectivity index (χ0n) is 16.9. The molecule has 5 heteroatoms. The summed E-state index contributed by atoms with van der Waals surface area (Å²) in [6, 6.07) is 15.4. The molecular formula is C24H28N2O3. The first-order valence-corrected chi connectivity index (χ1v) is 10.5. The Kier molecular flexibility index (Phi) is 5.84. The summed E-state index contributed by atoms with van der Waals surface area (Å²) in [7, 11) is 0. The minimum absolute atomic E-state index is 0.0170. The lowest BCUT2D eigenvalue weighted by Crippen LogP contribution is -2.41. The summed E-state index contributed by atoms with van der Waals surface area (Å²) in [5.74, 6) is 1.16. The standard InChI is InChI=1S/C24H28N2O3/c1-17-4-2-6-20(14-17)24(28)26-13-3-5-18(15-26)16-29-22-11-7-19(8-12-22)23(27)25-21-9-10-21/h2,4,6-8,11-12,14,18,21H,3,5,9-10,13,15-16H2,1H3,(H,25,27). The number of ether oxygens (including phenoxy) is 1. The van der Waals surface area contributed by atoms with Crippen molar-refractivity contribution >= 4 is 11.8 Å². The minimum atomic E-state index is -0.0170. The van der Waals surface area contributed by atoms with Gasteiger partial charge in [0, 0.05) is 36.2 Å². The normalized spacial score (nSPS) is 18.9. The molecular weight excluding hydrogens is 364 g/mol. The molecule has 2 aromatic carbocycles. The Morgan fingerprint density at radius 2 is 1.86 bits per heavy atom. The van der Waals surface area contributed by atoms with Gasteiger partial charge in [0.2, 0.25) is 0 Å². The Hall–Kier alpha value is -2.82. The molecule has 0 spiro atoms. The van der Waals surface area contributed by atoms with E-state index in [1.165, 1.54) is 0 Å². The summed E-state index contributed by atoms with van der Waals surface area (Å²) >= 11 is 0. The molecule has 1 saturated heterocycles. The van der Waals surface area contributed by atoms with Crippen molar-refractivity contribution < 1.29 is 14.3 Å².